The molecule has 0 bridgehead atoms. The van der Waals surface area contributed by atoms with Crippen LogP contribution < -0.4 is 4.90 Å². The van der Waals surface area contributed by atoms with E-state index >= 15 is 0 Å². The molecule has 2 aliphatic heterocycles. The van der Waals surface area contributed by atoms with Crippen LogP contribution in [0.3, 0.4) is 0 Å². The molecule has 2 aliphatic rings. The van der Waals surface area contributed by atoms with Crippen LogP contribution in [0.15, 0.2) is 18.2 Å². The summed E-state index contributed by atoms with van der Waals surface area (Å²) in [5, 5.41) is 19.2. The van der Waals surface area contributed by atoms with Crippen molar-refractivity contribution in [2.75, 3.05) is 38.7 Å². The van der Waals surface area contributed by atoms with Crippen molar-refractivity contribution in [3.8, 4) is 0 Å². The minimum absolute atomic E-state index is 0.213. The normalized spacial score (nSPS) is 31.1. The van der Waals surface area contributed by atoms with Crippen LogP contribution in [0.25, 0.3) is 0 Å². The van der Waals surface area contributed by atoms with Crippen molar-refractivity contribution >= 4 is 11.7 Å². The van der Waals surface area contributed by atoms with Gasteiger partial charge >= 0.3 is 5.97 Å². The number of nitrogens with zero attached hydrogens (tertiary/aromatic N) is 3. The van der Waals surface area contributed by atoms with E-state index in [0.29, 0.717) is 29.6 Å². The smallest absolute Gasteiger partial charge is 0.335 e. The van der Waals surface area contributed by atoms with Gasteiger partial charge in [0.2, 0.25) is 0 Å². The van der Waals surface area contributed by atoms with Crippen molar-refractivity contribution in [2.45, 2.75) is 57.8 Å². The molecule has 0 aliphatic carbocycles. The number of carboxylic acids is 1. The Morgan fingerprint density at radius 1 is 1.25 bits per heavy atom. The molecule has 2 heterocycles. The van der Waals surface area contributed by atoms with Crippen LogP contribution in [-0.4, -0.2) is 83.9 Å². The van der Waals surface area contributed by atoms with Gasteiger partial charge < -0.3 is 20.0 Å². The average molecular weight is 390 g/mol. The Bertz CT molecular complexity index is 708. The lowest BCUT2D eigenvalue weighted by Gasteiger charge is -2.33. The van der Waals surface area contributed by atoms with E-state index in [1.54, 1.807) is 6.07 Å². The highest BCUT2D eigenvalue weighted by Crippen LogP contribution is 2.38. The average Bonchev–Trinajstić information content (AvgIpc) is 3.17. The highest BCUT2D eigenvalue weighted by Gasteiger charge is 2.41. The van der Waals surface area contributed by atoms with Crippen molar-refractivity contribution in [1.82, 2.24) is 9.80 Å². The monoisotopic (exact) mass is 389 g/mol. The third kappa shape index (κ3) is 4.04. The number of likely N-dealkylation sites (N-methyl/N-ethyl adjacent to an activating group) is 1. The van der Waals surface area contributed by atoms with Gasteiger partial charge in [-0.3, -0.25) is 4.90 Å². The zero-order valence-electron chi connectivity index (χ0n) is 17.8. The molecular weight excluding hydrogens is 354 g/mol. The lowest BCUT2D eigenvalue weighted by atomic mass is 9.99. The number of aliphatic hydroxyl groups excluding tert-OH is 1. The number of benzene rings is 1. The largest absolute Gasteiger partial charge is 0.478 e. The fourth-order valence-corrected chi connectivity index (χ4v) is 5.13. The summed E-state index contributed by atoms with van der Waals surface area (Å²) < 4.78 is 0. The molecule has 2 N–H and O–H groups in total. The molecule has 0 radical (unpaired) electrons. The van der Waals surface area contributed by atoms with Gasteiger partial charge in [-0.2, -0.15) is 0 Å². The molecule has 5 atom stereocenters. The van der Waals surface area contributed by atoms with E-state index in [1.807, 2.05) is 12.1 Å². The van der Waals surface area contributed by atoms with Crippen LogP contribution in [0.2, 0.25) is 0 Å². The SMILES string of the molecule is Cc1ccc(C(=O)O)cc1N1C(C)CC(CN2C[C@H](N(C)C)C[C@H]2CO)C1C. The summed E-state index contributed by atoms with van der Waals surface area (Å²) in [5.74, 6) is -0.382. The maximum atomic E-state index is 11.4. The number of hydrogen-bond donors (Lipinski definition) is 2. The summed E-state index contributed by atoms with van der Waals surface area (Å²) in [4.78, 5) is 18.6. The molecule has 0 amide bonds. The van der Waals surface area contributed by atoms with Crippen molar-refractivity contribution in [3.05, 3.63) is 29.3 Å². The van der Waals surface area contributed by atoms with Crippen LogP contribution in [0.1, 0.15) is 42.6 Å². The van der Waals surface area contributed by atoms with Gasteiger partial charge in [-0.05, 0) is 71.3 Å². The van der Waals surface area contributed by atoms with Crippen molar-refractivity contribution in [2.24, 2.45) is 5.92 Å². The minimum atomic E-state index is -0.880. The Labute approximate surface area is 168 Å². The molecule has 3 unspecified atom stereocenters. The Hall–Kier alpha value is -1.63. The maximum absolute atomic E-state index is 11.4. The second-order valence-corrected chi connectivity index (χ2v) is 8.94. The fraction of sp³-hybridized carbons (Fsp3) is 0.682. The van der Waals surface area contributed by atoms with E-state index in [1.165, 1.54) is 0 Å². The van der Waals surface area contributed by atoms with Crippen molar-refractivity contribution in [3.63, 3.8) is 0 Å². The quantitative estimate of drug-likeness (QED) is 0.778. The number of rotatable bonds is 6. The molecule has 3 rings (SSSR count). The van der Waals surface area contributed by atoms with E-state index in [0.717, 1.165) is 37.2 Å². The van der Waals surface area contributed by atoms with Gasteiger partial charge in [-0.15, -0.1) is 0 Å². The first kappa shape index (κ1) is 21.1. The molecular formula is C22H35N3O3. The highest BCUT2D eigenvalue weighted by atomic mass is 16.4. The van der Waals surface area contributed by atoms with Crippen LogP contribution >= 0.6 is 0 Å². The number of carboxylic acid groups (broad SMARTS) is 1. The second-order valence-electron chi connectivity index (χ2n) is 8.94. The summed E-state index contributed by atoms with van der Waals surface area (Å²) in [6.07, 6.45) is 2.10. The van der Waals surface area contributed by atoms with Gasteiger partial charge in [-0.25, -0.2) is 4.79 Å². The number of aliphatic hydroxyl groups is 1. The minimum Gasteiger partial charge on any atom is -0.478 e. The summed E-state index contributed by atoms with van der Waals surface area (Å²) in [6.45, 7) is 8.74. The Morgan fingerprint density at radius 3 is 2.57 bits per heavy atom. The van der Waals surface area contributed by atoms with Gasteiger partial charge in [0.15, 0.2) is 0 Å². The lowest BCUT2D eigenvalue weighted by Crippen LogP contribution is -2.41. The molecule has 0 saturated carbocycles. The van der Waals surface area contributed by atoms with E-state index < -0.39 is 5.97 Å². The molecule has 1 aromatic rings. The Kier molecular flexibility index (Phi) is 6.32. The van der Waals surface area contributed by atoms with Gasteiger partial charge in [0, 0.05) is 42.9 Å². The van der Waals surface area contributed by atoms with Gasteiger partial charge in [-0.1, -0.05) is 6.07 Å². The molecule has 156 valence electrons. The van der Waals surface area contributed by atoms with Crippen molar-refractivity contribution < 1.29 is 15.0 Å². The Morgan fingerprint density at radius 2 is 1.96 bits per heavy atom. The molecule has 6 nitrogen and oxygen atoms in total. The predicted molar refractivity (Wildman–Crippen MR) is 112 cm³/mol. The molecule has 0 spiro atoms. The van der Waals surface area contributed by atoms with Crippen LogP contribution in [-0.2, 0) is 0 Å². The molecule has 28 heavy (non-hydrogen) atoms. The first-order valence-electron chi connectivity index (χ1n) is 10.4. The summed E-state index contributed by atoms with van der Waals surface area (Å²) in [5.41, 5.74) is 2.50. The molecule has 0 aromatic heterocycles. The summed E-state index contributed by atoms with van der Waals surface area (Å²) in [7, 11) is 4.23. The van der Waals surface area contributed by atoms with E-state index in [-0.39, 0.29) is 12.6 Å². The van der Waals surface area contributed by atoms with Gasteiger partial charge in [0.25, 0.3) is 0 Å². The van der Waals surface area contributed by atoms with E-state index in [4.69, 9.17) is 0 Å². The first-order chi connectivity index (χ1) is 13.2. The fourth-order valence-electron chi connectivity index (χ4n) is 5.13. The third-order valence-corrected chi connectivity index (χ3v) is 6.89. The van der Waals surface area contributed by atoms with Gasteiger partial charge in [0.1, 0.15) is 0 Å². The number of hydrogen-bond acceptors (Lipinski definition) is 5. The maximum Gasteiger partial charge on any atom is 0.335 e. The topological polar surface area (TPSA) is 67.2 Å². The second kappa shape index (κ2) is 8.39. The zero-order valence-corrected chi connectivity index (χ0v) is 17.8. The Balaban J connectivity index is 1.77. The van der Waals surface area contributed by atoms with Crippen LogP contribution in [0.5, 0.6) is 0 Å². The van der Waals surface area contributed by atoms with Crippen molar-refractivity contribution in [1.29, 1.82) is 0 Å². The third-order valence-electron chi connectivity index (χ3n) is 6.89. The number of aromatic carboxylic acids is 1. The molecule has 2 fully saturated rings. The summed E-state index contributed by atoms with van der Waals surface area (Å²) in [6, 6.07) is 6.84. The first-order valence-corrected chi connectivity index (χ1v) is 10.4. The van der Waals surface area contributed by atoms with Crippen LogP contribution in [0, 0.1) is 12.8 Å². The zero-order chi connectivity index (χ0) is 20.6. The lowest BCUT2D eigenvalue weighted by molar-refractivity contribution is 0.0697. The number of aryl methyl sites for hydroxylation is 1. The van der Waals surface area contributed by atoms with E-state index in [9.17, 15) is 15.0 Å². The molecule has 6 heteroatoms. The molecule has 2 saturated heterocycles. The number of carbonyl (C=O) groups is 1. The van der Waals surface area contributed by atoms with E-state index in [2.05, 4.69) is 49.6 Å². The highest BCUT2D eigenvalue weighted by molar-refractivity contribution is 5.89. The standard InChI is InChI=1S/C22H35N3O3/c1-14-6-7-17(22(27)28)9-21(14)25-15(2)8-18(16(25)3)11-24-12-19(23(4)5)10-20(24)13-26/h6-7,9,15-16,18-20,26H,8,10-13H2,1-5H3,(H,27,28)/t15?,16?,18?,19-,20+/m1/s1. The number of likely N-dealkylation sites (tertiary alicyclic amines) is 1. The molecule has 1 aromatic carbocycles. The van der Waals surface area contributed by atoms with Gasteiger partial charge in [0.05, 0.1) is 12.2 Å². The van der Waals surface area contributed by atoms with Crippen LogP contribution in [0.4, 0.5) is 5.69 Å². The predicted octanol–water partition coefficient (Wildman–Crippen LogP) is 2.29. The summed E-state index contributed by atoms with van der Waals surface area (Å²) >= 11 is 0. The number of anilines is 1.